The second-order valence-electron chi connectivity index (χ2n) is 5.25. The summed E-state index contributed by atoms with van der Waals surface area (Å²) in [7, 11) is 0. The normalized spacial score (nSPS) is 14.7. The van der Waals surface area contributed by atoms with E-state index in [1.165, 1.54) is 0 Å². The summed E-state index contributed by atoms with van der Waals surface area (Å²) in [4.78, 5) is 16.6. The van der Waals surface area contributed by atoms with Crippen molar-refractivity contribution in [3.63, 3.8) is 0 Å². The summed E-state index contributed by atoms with van der Waals surface area (Å²) in [5.74, 6) is 1.51. The highest BCUT2D eigenvalue weighted by molar-refractivity contribution is 5.81. The van der Waals surface area contributed by atoms with Gasteiger partial charge in [-0.25, -0.2) is 4.98 Å². The van der Waals surface area contributed by atoms with Crippen LogP contribution in [0.2, 0.25) is 0 Å². The van der Waals surface area contributed by atoms with E-state index in [-0.39, 0.29) is 12.5 Å². The van der Waals surface area contributed by atoms with Gasteiger partial charge < -0.3 is 15.0 Å². The molecule has 1 aromatic carbocycles. The van der Waals surface area contributed by atoms with Gasteiger partial charge in [-0.15, -0.1) is 0 Å². The Balaban J connectivity index is 1.82. The minimum absolute atomic E-state index is 0.0245. The number of aliphatic hydroxyl groups is 1. The van der Waals surface area contributed by atoms with Crippen molar-refractivity contribution in [2.75, 3.05) is 13.2 Å². The lowest BCUT2D eigenvalue weighted by molar-refractivity contribution is -0.121. The number of fused-ring (bicyclic) bond motifs is 1. The fourth-order valence-electron chi connectivity index (χ4n) is 2.42. The van der Waals surface area contributed by atoms with Crippen LogP contribution >= 0.6 is 0 Å². The smallest absolute Gasteiger partial charge is 0.240 e. The lowest BCUT2D eigenvalue weighted by atomic mass is 10.3. The summed E-state index contributed by atoms with van der Waals surface area (Å²) in [5, 5.41) is 11.6. The van der Waals surface area contributed by atoms with Gasteiger partial charge in [-0.1, -0.05) is 12.1 Å². The van der Waals surface area contributed by atoms with Crippen molar-refractivity contribution in [3.8, 4) is 0 Å². The molecule has 3 rings (SSSR count). The van der Waals surface area contributed by atoms with E-state index in [9.17, 15) is 4.79 Å². The average Bonchev–Trinajstić information content (AvgIpc) is 3.23. The fraction of sp³-hybridized carbons (Fsp3) is 0.467. The van der Waals surface area contributed by atoms with Crippen molar-refractivity contribution in [1.29, 1.82) is 0 Å². The van der Waals surface area contributed by atoms with Crippen molar-refractivity contribution in [1.82, 2.24) is 14.9 Å². The molecule has 2 N–H and O–H groups in total. The van der Waals surface area contributed by atoms with E-state index >= 15 is 0 Å². The molecular formula is C15H19N3O2. The van der Waals surface area contributed by atoms with Crippen LogP contribution in [-0.4, -0.2) is 33.7 Å². The Morgan fingerprint density at radius 3 is 2.95 bits per heavy atom. The zero-order chi connectivity index (χ0) is 13.9. The molecule has 1 amide bonds. The molecule has 0 aliphatic heterocycles. The van der Waals surface area contributed by atoms with Gasteiger partial charge in [0.25, 0.3) is 0 Å². The van der Waals surface area contributed by atoms with Crippen molar-refractivity contribution in [2.24, 2.45) is 0 Å². The van der Waals surface area contributed by atoms with Gasteiger partial charge in [-0.3, -0.25) is 4.79 Å². The number of hydrogen-bond acceptors (Lipinski definition) is 3. The molecule has 1 aromatic heterocycles. The molecule has 106 valence electrons. The van der Waals surface area contributed by atoms with Gasteiger partial charge in [0.1, 0.15) is 12.4 Å². The number of nitrogens with one attached hydrogen (secondary N) is 1. The summed E-state index contributed by atoms with van der Waals surface area (Å²) < 4.78 is 2.03. The SMILES string of the molecule is O=C(Cn1c(C2CC2)nc2ccccc21)NCCCO. The zero-order valence-corrected chi connectivity index (χ0v) is 11.4. The third kappa shape index (κ3) is 2.67. The molecule has 0 spiro atoms. The third-order valence-electron chi connectivity index (χ3n) is 3.59. The lowest BCUT2D eigenvalue weighted by Gasteiger charge is -2.09. The summed E-state index contributed by atoms with van der Waals surface area (Å²) >= 11 is 0. The number of amides is 1. The largest absolute Gasteiger partial charge is 0.396 e. The summed E-state index contributed by atoms with van der Waals surface area (Å²) in [6.45, 7) is 0.917. The molecule has 0 radical (unpaired) electrons. The van der Waals surface area contributed by atoms with E-state index in [1.54, 1.807) is 0 Å². The first-order valence-corrected chi connectivity index (χ1v) is 7.12. The molecule has 0 bridgehead atoms. The first-order chi connectivity index (χ1) is 9.79. The number of aromatic nitrogens is 2. The Bertz CT molecular complexity index is 617. The van der Waals surface area contributed by atoms with Crippen molar-refractivity contribution >= 4 is 16.9 Å². The van der Waals surface area contributed by atoms with E-state index in [4.69, 9.17) is 5.11 Å². The number of carbonyl (C=O) groups excluding carboxylic acids is 1. The predicted molar refractivity (Wildman–Crippen MR) is 76.4 cm³/mol. The van der Waals surface area contributed by atoms with Crippen LogP contribution < -0.4 is 5.32 Å². The Hall–Kier alpha value is -1.88. The highest BCUT2D eigenvalue weighted by Gasteiger charge is 2.29. The molecule has 5 nitrogen and oxygen atoms in total. The van der Waals surface area contributed by atoms with E-state index < -0.39 is 0 Å². The second-order valence-corrected chi connectivity index (χ2v) is 5.25. The number of imidazole rings is 1. The number of nitrogens with zero attached hydrogens (tertiary/aromatic N) is 2. The zero-order valence-electron chi connectivity index (χ0n) is 11.4. The van der Waals surface area contributed by atoms with Gasteiger partial charge in [-0.2, -0.15) is 0 Å². The monoisotopic (exact) mass is 273 g/mol. The van der Waals surface area contributed by atoms with Crippen LogP contribution in [0, 0.1) is 0 Å². The van der Waals surface area contributed by atoms with Crippen LogP contribution in [0.5, 0.6) is 0 Å². The number of rotatable bonds is 6. The van der Waals surface area contributed by atoms with Gasteiger partial charge in [0.15, 0.2) is 0 Å². The van der Waals surface area contributed by atoms with E-state index in [0.717, 1.165) is 29.7 Å². The topological polar surface area (TPSA) is 67.2 Å². The highest BCUT2D eigenvalue weighted by atomic mass is 16.3. The minimum Gasteiger partial charge on any atom is -0.396 e. The average molecular weight is 273 g/mol. The number of para-hydroxylation sites is 2. The number of hydrogen-bond donors (Lipinski definition) is 2. The van der Waals surface area contributed by atoms with Crippen LogP contribution in [0.15, 0.2) is 24.3 Å². The third-order valence-corrected chi connectivity index (χ3v) is 3.59. The minimum atomic E-state index is -0.0245. The molecule has 2 aromatic rings. The van der Waals surface area contributed by atoms with Gasteiger partial charge in [0.2, 0.25) is 5.91 Å². The lowest BCUT2D eigenvalue weighted by Crippen LogP contribution is -2.29. The molecule has 0 saturated heterocycles. The van der Waals surface area contributed by atoms with Crippen LogP contribution in [0.25, 0.3) is 11.0 Å². The van der Waals surface area contributed by atoms with Gasteiger partial charge >= 0.3 is 0 Å². The molecule has 0 unspecified atom stereocenters. The Labute approximate surface area is 117 Å². The van der Waals surface area contributed by atoms with Crippen molar-refractivity contribution < 1.29 is 9.90 Å². The Morgan fingerprint density at radius 1 is 1.40 bits per heavy atom. The van der Waals surface area contributed by atoms with Crippen LogP contribution in [0.4, 0.5) is 0 Å². The maximum absolute atomic E-state index is 12.0. The van der Waals surface area contributed by atoms with Crippen molar-refractivity contribution in [3.05, 3.63) is 30.1 Å². The van der Waals surface area contributed by atoms with E-state index in [2.05, 4.69) is 10.3 Å². The van der Waals surface area contributed by atoms with Crippen LogP contribution in [0.1, 0.15) is 31.0 Å². The quantitative estimate of drug-likeness (QED) is 0.782. The standard InChI is InChI=1S/C15H19N3O2/c19-9-3-8-16-14(20)10-18-13-5-2-1-4-12(13)17-15(18)11-6-7-11/h1-2,4-5,11,19H,3,6-10H2,(H,16,20). The van der Waals surface area contributed by atoms with Gasteiger partial charge in [0.05, 0.1) is 11.0 Å². The predicted octanol–water partition coefficient (Wildman–Crippen LogP) is 1.41. The van der Waals surface area contributed by atoms with Gasteiger partial charge in [0, 0.05) is 19.1 Å². The Kier molecular flexibility index (Phi) is 3.69. The molecule has 5 heteroatoms. The van der Waals surface area contributed by atoms with E-state index in [0.29, 0.717) is 25.4 Å². The second kappa shape index (κ2) is 5.63. The Morgan fingerprint density at radius 2 is 2.20 bits per heavy atom. The molecule has 1 saturated carbocycles. The van der Waals surface area contributed by atoms with E-state index in [1.807, 2.05) is 28.8 Å². The fourth-order valence-corrected chi connectivity index (χ4v) is 2.42. The highest BCUT2D eigenvalue weighted by Crippen LogP contribution is 2.40. The summed E-state index contributed by atoms with van der Waals surface area (Å²) in [5.41, 5.74) is 1.98. The molecule has 1 heterocycles. The molecule has 1 aliphatic rings. The maximum Gasteiger partial charge on any atom is 0.240 e. The number of aliphatic hydroxyl groups excluding tert-OH is 1. The molecule has 20 heavy (non-hydrogen) atoms. The number of carbonyl (C=O) groups is 1. The van der Waals surface area contributed by atoms with Crippen LogP contribution in [0.3, 0.4) is 0 Å². The van der Waals surface area contributed by atoms with Gasteiger partial charge in [-0.05, 0) is 31.4 Å². The molecular weight excluding hydrogens is 254 g/mol. The maximum atomic E-state index is 12.0. The molecule has 1 aliphatic carbocycles. The summed E-state index contributed by atoms with van der Waals surface area (Å²) in [6.07, 6.45) is 2.91. The van der Waals surface area contributed by atoms with Crippen LogP contribution in [-0.2, 0) is 11.3 Å². The first kappa shape index (κ1) is 13.1. The molecule has 0 atom stereocenters. The van der Waals surface area contributed by atoms with Crippen molar-refractivity contribution in [2.45, 2.75) is 31.7 Å². The first-order valence-electron chi connectivity index (χ1n) is 7.12. The number of benzene rings is 1. The summed E-state index contributed by atoms with van der Waals surface area (Å²) in [6, 6.07) is 7.94. The molecule has 1 fully saturated rings.